The normalized spacial score (nSPS) is 14.3. The Morgan fingerprint density at radius 2 is 1.59 bits per heavy atom. The largest absolute Gasteiger partial charge is 0.481 e. The maximum absolute atomic E-state index is 12.7. The van der Waals surface area contributed by atoms with E-state index in [1.54, 1.807) is 6.07 Å². The molecule has 0 unspecified atom stereocenters. The van der Waals surface area contributed by atoms with Gasteiger partial charge in [-0.15, -0.1) is 0 Å². The van der Waals surface area contributed by atoms with Crippen molar-refractivity contribution in [2.24, 2.45) is 0 Å². The van der Waals surface area contributed by atoms with E-state index in [1.807, 2.05) is 66.7 Å². The summed E-state index contributed by atoms with van der Waals surface area (Å²) < 4.78 is 33.3. The minimum absolute atomic E-state index is 0.0685. The molecule has 9 heteroatoms. The Hall–Kier alpha value is -3.62. The zero-order chi connectivity index (χ0) is 26.0. The molecule has 1 fully saturated rings. The molecule has 1 saturated carbocycles. The first-order valence-electron chi connectivity index (χ1n) is 11.9. The van der Waals surface area contributed by atoms with Gasteiger partial charge in [-0.25, -0.2) is 8.42 Å². The molecule has 0 bridgehead atoms. The number of aromatic nitrogens is 1. The molecule has 0 atom stereocenters. The lowest BCUT2D eigenvalue weighted by molar-refractivity contribution is -0.140. The number of hydrogen-bond donors (Lipinski definition) is 2. The number of carbonyl (C=O) groups is 1. The lowest BCUT2D eigenvalue weighted by Crippen LogP contribution is -2.19. The average Bonchev–Trinajstić information content (AvgIpc) is 3.59. The summed E-state index contributed by atoms with van der Waals surface area (Å²) in [5.74, 6) is -0.515. The van der Waals surface area contributed by atoms with Gasteiger partial charge in [0.05, 0.1) is 17.4 Å². The molecule has 1 aliphatic rings. The van der Waals surface area contributed by atoms with Crippen molar-refractivity contribution in [3.05, 3.63) is 95.1 Å². The fraction of sp³-hybridized carbons (Fsp3) is 0.214. The molecule has 1 heterocycles. The van der Waals surface area contributed by atoms with Crippen LogP contribution in [0.3, 0.4) is 0 Å². The summed E-state index contributed by atoms with van der Waals surface area (Å²) in [6, 6.07) is 22.4. The van der Waals surface area contributed by atoms with Gasteiger partial charge in [-0.2, -0.15) is 0 Å². The number of anilines is 1. The van der Waals surface area contributed by atoms with Crippen LogP contribution in [0.25, 0.3) is 22.5 Å². The number of nitrogens with zero attached hydrogens (tertiary/aromatic N) is 1. The van der Waals surface area contributed by atoms with E-state index in [4.69, 9.17) is 16.1 Å². The van der Waals surface area contributed by atoms with E-state index in [2.05, 4.69) is 9.88 Å². The number of rotatable bonds is 10. The summed E-state index contributed by atoms with van der Waals surface area (Å²) >= 11 is 6.16. The highest BCUT2D eigenvalue weighted by Crippen LogP contribution is 2.48. The Labute approximate surface area is 220 Å². The number of carboxylic acids is 1. The van der Waals surface area contributed by atoms with Gasteiger partial charge in [0.2, 0.25) is 10.0 Å². The Kier molecular flexibility index (Phi) is 6.79. The maximum Gasteiger partial charge on any atom is 0.314 e. The summed E-state index contributed by atoms with van der Waals surface area (Å²) in [6.07, 6.45) is 3.66. The molecule has 0 radical (unpaired) electrons. The van der Waals surface area contributed by atoms with Crippen LogP contribution in [0.4, 0.5) is 5.69 Å². The Morgan fingerprint density at radius 1 is 0.973 bits per heavy atom. The molecule has 1 aromatic heterocycles. The van der Waals surface area contributed by atoms with Crippen molar-refractivity contribution in [2.75, 3.05) is 10.5 Å². The monoisotopic (exact) mass is 536 g/mol. The number of carboxylic acid groups (broad SMARTS) is 1. The first-order valence-corrected chi connectivity index (χ1v) is 13.9. The van der Waals surface area contributed by atoms with Crippen LogP contribution in [0.15, 0.2) is 83.5 Å². The molecule has 37 heavy (non-hydrogen) atoms. The van der Waals surface area contributed by atoms with E-state index in [0.717, 1.165) is 22.3 Å². The van der Waals surface area contributed by atoms with E-state index in [0.29, 0.717) is 42.0 Å². The van der Waals surface area contributed by atoms with Crippen molar-refractivity contribution >= 4 is 33.3 Å². The molecular formula is C28H25ClN2O5S. The number of hydrogen-bond acceptors (Lipinski definition) is 5. The van der Waals surface area contributed by atoms with Gasteiger partial charge >= 0.3 is 5.97 Å². The smallest absolute Gasteiger partial charge is 0.314 e. The molecule has 7 nitrogen and oxygen atoms in total. The highest BCUT2D eigenvalue weighted by atomic mass is 35.5. The van der Waals surface area contributed by atoms with Crippen LogP contribution in [-0.2, 0) is 26.7 Å². The third-order valence-electron chi connectivity index (χ3n) is 6.73. The number of aliphatic carboxylic acids is 1. The molecule has 0 aliphatic heterocycles. The summed E-state index contributed by atoms with van der Waals surface area (Å²) in [5, 5.41) is 13.9. The molecule has 2 N–H and O–H groups in total. The third-order valence-corrected chi connectivity index (χ3v) is 8.46. The van der Waals surface area contributed by atoms with Gasteiger partial charge in [-0.1, -0.05) is 83.5 Å². The van der Waals surface area contributed by atoms with E-state index < -0.39 is 21.4 Å². The summed E-state index contributed by atoms with van der Waals surface area (Å²) in [7, 11) is -3.62. The Morgan fingerprint density at radius 3 is 2.22 bits per heavy atom. The van der Waals surface area contributed by atoms with Gasteiger partial charge in [0.1, 0.15) is 5.69 Å². The first kappa shape index (κ1) is 25.0. The van der Waals surface area contributed by atoms with Gasteiger partial charge in [0, 0.05) is 10.6 Å². The van der Waals surface area contributed by atoms with Crippen LogP contribution in [0.5, 0.6) is 0 Å². The van der Waals surface area contributed by atoms with E-state index in [1.165, 1.54) is 6.20 Å². The molecule has 5 rings (SSSR count). The molecule has 0 saturated heterocycles. The second-order valence-electron chi connectivity index (χ2n) is 9.23. The molecule has 4 aromatic rings. The summed E-state index contributed by atoms with van der Waals surface area (Å²) in [5.41, 5.74) is 3.85. The van der Waals surface area contributed by atoms with Gasteiger partial charge < -0.3 is 9.63 Å². The fourth-order valence-electron chi connectivity index (χ4n) is 4.44. The number of nitrogens with one attached hydrogen (secondary N) is 1. The van der Waals surface area contributed by atoms with Gasteiger partial charge in [0.25, 0.3) is 0 Å². The summed E-state index contributed by atoms with van der Waals surface area (Å²) in [4.78, 5) is 11.6. The minimum atomic E-state index is -3.62. The molecule has 0 amide bonds. The van der Waals surface area contributed by atoms with E-state index in [-0.39, 0.29) is 11.4 Å². The highest BCUT2D eigenvalue weighted by Gasteiger charge is 2.51. The second-order valence-corrected chi connectivity index (χ2v) is 11.5. The zero-order valence-corrected chi connectivity index (χ0v) is 21.4. The van der Waals surface area contributed by atoms with Crippen molar-refractivity contribution in [1.29, 1.82) is 0 Å². The summed E-state index contributed by atoms with van der Waals surface area (Å²) in [6.45, 7) is 0. The highest BCUT2D eigenvalue weighted by molar-refractivity contribution is 7.92. The van der Waals surface area contributed by atoms with Crippen molar-refractivity contribution in [1.82, 2.24) is 5.16 Å². The molecule has 0 spiro atoms. The molecular weight excluding hydrogens is 512 g/mol. The van der Waals surface area contributed by atoms with E-state index >= 15 is 0 Å². The minimum Gasteiger partial charge on any atom is -0.481 e. The van der Waals surface area contributed by atoms with Gasteiger partial charge in [0.15, 0.2) is 5.76 Å². The second kappa shape index (κ2) is 10.0. The van der Waals surface area contributed by atoms with Crippen molar-refractivity contribution in [3.63, 3.8) is 0 Å². The number of benzene rings is 3. The fourth-order valence-corrected chi connectivity index (χ4v) is 5.78. The standard InChI is InChI=1S/C28H25ClN2O5S/c29-24-6-2-1-4-21(24)5-3-17-37(34,35)31-25-18-30-36-26(25)22-9-7-19(8-10-22)20-11-13-23(14-12-20)28(15-16-28)27(32)33/h1-2,4,6-14,18,31H,3,5,15-17H2,(H,32,33). The quantitative estimate of drug-likeness (QED) is 0.251. The van der Waals surface area contributed by atoms with Crippen molar-refractivity contribution in [3.8, 4) is 22.5 Å². The SMILES string of the molecule is O=C(O)C1(c2ccc(-c3ccc(-c4oncc4NS(=O)(=O)CCCc4ccccc4Cl)cc3)cc2)CC1. The van der Waals surface area contributed by atoms with Crippen LogP contribution in [0.1, 0.15) is 30.4 Å². The Bertz CT molecular complexity index is 1530. The third kappa shape index (κ3) is 5.40. The van der Waals surface area contributed by atoms with Crippen LogP contribution >= 0.6 is 11.6 Å². The van der Waals surface area contributed by atoms with Gasteiger partial charge in [-0.3, -0.25) is 9.52 Å². The first-order chi connectivity index (χ1) is 17.8. The molecule has 1 aliphatic carbocycles. The van der Waals surface area contributed by atoms with Crippen LogP contribution < -0.4 is 4.72 Å². The number of halogens is 1. The number of aryl methyl sites for hydroxylation is 1. The predicted molar refractivity (Wildman–Crippen MR) is 143 cm³/mol. The predicted octanol–water partition coefficient (Wildman–Crippen LogP) is 6.15. The topological polar surface area (TPSA) is 110 Å². The van der Waals surface area contributed by atoms with E-state index in [9.17, 15) is 18.3 Å². The van der Waals surface area contributed by atoms with Crippen LogP contribution in [0, 0.1) is 0 Å². The lowest BCUT2D eigenvalue weighted by atomic mass is 9.93. The maximum atomic E-state index is 12.7. The Balaban J connectivity index is 1.25. The van der Waals surface area contributed by atoms with Crippen LogP contribution in [0.2, 0.25) is 5.02 Å². The van der Waals surface area contributed by atoms with Gasteiger partial charge in [-0.05, 0) is 54.0 Å². The number of sulfonamides is 1. The average molecular weight is 537 g/mol. The van der Waals surface area contributed by atoms with Crippen molar-refractivity contribution in [2.45, 2.75) is 31.1 Å². The van der Waals surface area contributed by atoms with Crippen LogP contribution in [-0.4, -0.2) is 30.4 Å². The zero-order valence-electron chi connectivity index (χ0n) is 19.9. The lowest BCUT2D eigenvalue weighted by Gasteiger charge is -2.11. The molecule has 3 aromatic carbocycles. The van der Waals surface area contributed by atoms with Crippen molar-refractivity contribution < 1.29 is 22.8 Å². The molecule has 190 valence electrons.